The first kappa shape index (κ1) is 14.9. The van der Waals surface area contributed by atoms with Crippen LogP contribution in [0.2, 0.25) is 0 Å². The van der Waals surface area contributed by atoms with Crippen LogP contribution >= 0.6 is 0 Å². The van der Waals surface area contributed by atoms with E-state index >= 15 is 0 Å². The number of pyridine rings is 1. The molecular formula is C15H20N2O2S. The lowest BCUT2D eigenvalue weighted by molar-refractivity contribution is 0.448. The summed E-state index contributed by atoms with van der Waals surface area (Å²) in [7, 11) is -1.42. The van der Waals surface area contributed by atoms with E-state index in [9.17, 15) is 8.42 Å². The quantitative estimate of drug-likeness (QED) is 0.939. The summed E-state index contributed by atoms with van der Waals surface area (Å²) in [6.07, 6.45) is 4.80. The van der Waals surface area contributed by atoms with E-state index in [1.807, 2.05) is 24.3 Å². The number of rotatable bonds is 4. The highest BCUT2D eigenvalue weighted by Crippen LogP contribution is 2.35. The van der Waals surface area contributed by atoms with Gasteiger partial charge in [-0.05, 0) is 37.9 Å². The van der Waals surface area contributed by atoms with Crippen LogP contribution in [0.4, 0.5) is 0 Å². The third-order valence-electron chi connectivity index (χ3n) is 3.97. The molecule has 0 radical (unpaired) electrons. The summed E-state index contributed by atoms with van der Waals surface area (Å²) in [4.78, 5) is 4.11. The van der Waals surface area contributed by atoms with Gasteiger partial charge in [0.1, 0.15) is 0 Å². The second kappa shape index (κ2) is 5.14. The molecule has 2 aromatic rings. The Morgan fingerprint density at radius 3 is 2.55 bits per heavy atom. The summed E-state index contributed by atoms with van der Waals surface area (Å²) in [6.45, 7) is 3.51. The van der Waals surface area contributed by atoms with E-state index in [0.29, 0.717) is 0 Å². The van der Waals surface area contributed by atoms with Crippen LogP contribution in [-0.4, -0.2) is 31.5 Å². The molecule has 1 aromatic heterocycles. The first-order chi connectivity index (χ1) is 9.29. The summed E-state index contributed by atoms with van der Waals surface area (Å²) in [5, 5.41) is 5.19. The average Bonchev–Trinajstić information content (AvgIpc) is 2.38. The molecular weight excluding hydrogens is 272 g/mol. The monoisotopic (exact) mass is 292 g/mol. The van der Waals surface area contributed by atoms with Gasteiger partial charge < -0.3 is 5.32 Å². The van der Waals surface area contributed by atoms with Gasteiger partial charge in [-0.25, -0.2) is 8.42 Å². The minimum absolute atomic E-state index is 0.288. The van der Waals surface area contributed by atoms with Gasteiger partial charge in [0.2, 0.25) is 0 Å². The van der Waals surface area contributed by atoms with Crippen LogP contribution in [0.25, 0.3) is 10.8 Å². The molecule has 2 rings (SSSR count). The number of nitrogens with zero attached hydrogens (tertiary/aromatic N) is 1. The highest BCUT2D eigenvalue weighted by Gasteiger charge is 2.39. The number of hydrogen-bond donors (Lipinski definition) is 1. The van der Waals surface area contributed by atoms with E-state index in [1.54, 1.807) is 33.3 Å². The molecule has 0 aliphatic heterocycles. The fraction of sp³-hybridized carbons (Fsp3) is 0.400. The van der Waals surface area contributed by atoms with Crippen LogP contribution in [0.5, 0.6) is 0 Å². The number of aromatic nitrogens is 1. The molecule has 0 saturated heterocycles. The molecule has 0 saturated carbocycles. The van der Waals surface area contributed by atoms with E-state index in [0.717, 1.165) is 16.3 Å². The molecule has 1 heterocycles. The van der Waals surface area contributed by atoms with Gasteiger partial charge in [-0.3, -0.25) is 4.98 Å². The number of sulfone groups is 1. The lowest BCUT2D eigenvalue weighted by Gasteiger charge is -2.33. The summed E-state index contributed by atoms with van der Waals surface area (Å²) in [5.41, 5.74) is 0.975. The molecule has 1 atom stereocenters. The molecule has 4 nitrogen and oxygen atoms in total. The molecule has 1 aromatic carbocycles. The second-order valence-electron chi connectivity index (χ2n) is 5.54. The summed E-state index contributed by atoms with van der Waals surface area (Å²) < 4.78 is 23.3. The van der Waals surface area contributed by atoms with Crippen molar-refractivity contribution >= 4 is 20.6 Å². The van der Waals surface area contributed by atoms with Gasteiger partial charge in [-0.1, -0.05) is 18.2 Å². The lowest BCUT2D eigenvalue weighted by Crippen LogP contribution is -2.43. The van der Waals surface area contributed by atoms with Gasteiger partial charge in [-0.15, -0.1) is 0 Å². The zero-order valence-corrected chi connectivity index (χ0v) is 13.0. The molecule has 0 spiro atoms. The summed E-state index contributed by atoms with van der Waals surface area (Å²) >= 11 is 0. The van der Waals surface area contributed by atoms with Crippen molar-refractivity contribution in [2.24, 2.45) is 0 Å². The molecule has 0 aliphatic carbocycles. The van der Waals surface area contributed by atoms with Crippen molar-refractivity contribution < 1.29 is 8.42 Å². The van der Waals surface area contributed by atoms with Crippen LogP contribution in [0.1, 0.15) is 25.5 Å². The average molecular weight is 292 g/mol. The third kappa shape index (κ3) is 2.43. The Bertz CT molecular complexity index is 718. The Kier molecular flexibility index (Phi) is 3.84. The van der Waals surface area contributed by atoms with E-state index in [1.165, 1.54) is 6.26 Å². The maximum atomic E-state index is 12.1. The van der Waals surface area contributed by atoms with Crippen LogP contribution in [-0.2, 0) is 9.84 Å². The smallest absolute Gasteiger partial charge is 0.154 e. The van der Waals surface area contributed by atoms with Crippen molar-refractivity contribution in [1.29, 1.82) is 0 Å². The summed E-state index contributed by atoms with van der Waals surface area (Å²) in [6, 6.07) is 7.52. The predicted molar refractivity (Wildman–Crippen MR) is 82.5 cm³/mol. The van der Waals surface area contributed by atoms with Gasteiger partial charge in [0, 0.05) is 24.0 Å². The topological polar surface area (TPSA) is 59.1 Å². The molecule has 20 heavy (non-hydrogen) atoms. The van der Waals surface area contributed by atoms with E-state index in [-0.39, 0.29) is 6.04 Å². The first-order valence-corrected chi connectivity index (χ1v) is 8.37. The largest absolute Gasteiger partial charge is 0.312 e. The standard InChI is InChI=1S/C15H20N2O2S/c1-15(2,20(4,18)19)14(16-3)13-7-5-6-11-10-17-9-8-12(11)13/h5-10,14,16H,1-4H3. The number of hydrogen-bond acceptors (Lipinski definition) is 4. The van der Waals surface area contributed by atoms with Gasteiger partial charge in [0.15, 0.2) is 9.84 Å². The second-order valence-corrected chi connectivity index (χ2v) is 8.14. The van der Waals surface area contributed by atoms with Crippen LogP contribution in [0, 0.1) is 0 Å². The van der Waals surface area contributed by atoms with Crippen LogP contribution < -0.4 is 5.32 Å². The highest BCUT2D eigenvalue weighted by molar-refractivity contribution is 7.92. The number of benzene rings is 1. The van der Waals surface area contributed by atoms with E-state index < -0.39 is 14.6 Å². The lowest BCUT2D eigenvalue weighted by atomic mass is 9.91. The van der Waals surface area contributed by atoms with Gasteiger partial charge in [0.05, 0.1) is 10.8 Å². The fourth-order valence-electron chi connectivity index (χ4n) is 2.49. The van der Waals surface area contributed by atoms with E-state index in [4.69, 9.17) is 0 Å². The Labute approximate surface area is 120 Å². The van der Waals surface area contributed by atoms with Crippen molar-refractivity contribution in [2.45, 2.75) is 24.6 Å². The Morgan fingerprint density at radius 2 is 1.95 bits per heavy atom. The van der Waals surface area contributed by atoms with Crippen LogP contribution in [0.15, 0.2) is 36.7 Å². The predicted octanol–water partition coefficient (Wildman–Crippen LogP) is 2.32. The molecule has 0 aliphatic rings. The van der Waals surface area contributed by atoms with Crippen molar-refractivity contribution in [3.63, 3.8) is 0 Å². The normalized spacial score (nSPS) is 14.4. The Hall–Kier alpha value is -1.46. The number of fused-ring (bicyclic) bond motifs is 1. The van der Waals surface area contributed by atoms with Crippen molar-refractivity contribution in [1.82, 2.24) is 10.3 Å². The minimum atomic E-state index is -3.21. The van der Waals surface area contributed by atoms with Gasteiger partial charge in [0.25, 0.3) is 0 Å². The molecule has 5 heteroatoms. The highest BCUT2D eigenvalue weighted by atomic mass is 32.2. The SMILES string of the molecule is CNC(c1cccc2cnccc12)C(C)(C)S(C)(=O)=O. The molecule has 1 unspecified atom stereocenters. The molecule has 0 fully saturated rings. The Morgan fingerprint density at radius 1 is 1.25 bits per heavy atom. The first-order valence-electron chi connectivity index (χ1n) is 6.48. The van der Waals surface area contributed by atoms with Gasteiger partial charge >= 0.3 is 0 Å². The zero-order valence-electron chi connectivity index (χ0n) is 12.2. The maximum absolute atomic E-state index is 12.1. The number of nitrogens with one attached hydrogen (secondary N) is 1. The maximum Gasteiger partial charge on any atom is 0.154 e. The molecule has 0 amide bonds. The van der Waals surface area contributed by atoms with Crippen LogP contribution in [0.3, 0.4) is 0 Å². The third-order valence-corrected chi connectivity index (χ3v) is 6.11. The molecule has 108 valence electrons. The van der Waals surface area contributed by atoms with E-state index in [2.05, 4.69) is 10.3 Å². The van der Waals surface area contributed by atoms with Crippen molar-refractivity contribution in [3.05, 3.63) is 42.2 Å². The minimum Gasteiger partial charge on any atom is -0.312 e. The van der Waals surface area contributed by atoms with Crippen molar-refractivity contribution in [2.75, 3.05) is 13.3 Å². The summed E-state index contributed by atoms with van der Waals surface area (Å²) in [5.74, 6) is 0. The zero-order chi connectivity index (χ0) is 15.0. The fourth-order valence-corrected chi connectivity index (χ4v) is 3.16. The van der Waals surface area contributed by atoms with Gasteiger partial charge in [-0.2, -0.15) is 0 Å². The molecule has 1 N–H and O–H groups in total. The Balaban J connectivity index is 2.68. The van der Waals surface area contributed by atoms with Crippen molar-refractivity contribution in [3.8, 4) is 0 Å². The molecule has 0 bridgehead atoms.